The lowest BCUT2D eigenvalue weighted by Gasteiger charge is -2.07. The predicted molar refractivity (Wildman–Crippen MR) is 84.4 cm³/mol. The molecule has 0 saturated carbocycles. The van der Waals surface area contributed by atoms with Gasteiger partial charge in [-0.1, -0.05) is 11.6 Å². The lowest BCUT2D eigenvalue weighted by molar-refractivity contribution is 0.254. The summed E-state index contributed by atoms with van der Waals surface area (Å²) in [7, 11) is 1.62. The van der Waals surface area contributed by atoms with E-state index in [1.165, 1.54) is 0 Å². The Balaban J connectivity index is 1.89. The summed E-state index contributed by atoms with van der Waals surface area (Å²) in [4.78, 5) is 12.3. The van der Waals surface area contributed by atoms with E-state index in [2.05, 4.69) is 5.32 Å². The van der Waals surface area contributed by atoms with Gasteiger partial charge in [0.05, 0.1) is 12.6 Å². The standard InChI is InChI=1S/C16H13ClN2O2/c1-21-14-6-7-15-11(10-14)8-9-19(15)16(20)18-13-4-2-12(17)3-5-13/h2-10H,1H3,(H,18,20). The number of ether oxygens (including phenoxy) is 1. The smallest absolute Gasteiger partial charge is 0.330 e. The van der Waals surface area contributed by atoms with Crippen molar-refractivity contribution in [2.45, 2.75) is 0 Å². The fourth-order valence-corrected chi connectivity index (χ4v) is 2.27. The molecule has 21 heavy (non-hydrogen) atoms. The normalized spacial score (nSPS) is 10.6. The number of benzene rings is 2. The molecule has 0 unspecified atom stereocenters. The van der Waals surface area contributed by atoms with Crippen molar-refractivity contribution < 1.29 is 9.53 Å². The van der Waals surface area contributed by atoms with Crippen molar-refractivity contribution in [2.24, 2.45) is 0 Å². The number of hydrogen-bond donors (Lipinski definition) is 1. The highest BCUT2D eigenvalue weighted by Crippen LogP contribution is 2.22. The average Bonchev–Trinajstić information content (AvgIpc) is 2.92. The first-order valence-corrected chi connectivity index (χ1v) is 6.77. The number of carbonyl (C=O) groups is 1. The molecule has 0 aliphatic heterocycles. The largest absolute Gasteiger partial charge is 0.497 e. The number of fused-ring (bicyclic) bond motifs is 1. The predicted octanol–water partition coefficient (Wildman–Crippen LogP) is 4.38. The van der Waals surface area contributed by atoms with Crippen molar-refractivity contribution in [2.75, 3.05) is 12.4 Å². The molecule has 0 atom stereocenters. The van der Waals surface area contributed by atoms with Crippen LogP contribution in [0.1, 0.15) is 0 Å². The molecule has 1 heterocycles. The van der Waals surface area contributed by atoms with Crippen molar-refractivity contribution >= 4 is 34.2 Å². The second-order valence-corrected chi connectivity index (χ2v) is 4.98. The highest BCUT2D eigenvalue weighted by Gasteiger charge is 2.09. The number of carbonyl (C=O) groups excluding carboxylic acids is 1. The molecule has 5 heteroatoms. The SMILES string of the molecule is COc1ccc2c(ccn2C(=O)Nc2ccc(Cl)cc2)c1. The summed E-state index contributed by atoms with van der Waals surface area (Å²) in [6.07, 6.45) is 1.73. The van der Waals surface area contributed by atoms with Gasteiger partial charge < -0.3 is 10.1 Å². The highest BCUT2D eigenvalue weighted by molar-refractivity contribution is 6.30. The van der Waals surface area contributed by atoms with E-state index in [1.807, 2.05) is 24.3 Å². The lowest BCUT2D eigenvalue weighted by Crippen LogP contribution is -2.18. The van der Waals surface area contributed by atoms with Gasteiger partial charge in [-0.05, 0) is 48.5 Å². The Labute approximate surface area is 126 Å². The van der Waals surface area contributed by atoms with E-state index in [0.717, 1.165) is 16.7 Å². The van der Waals surface area contributed by atoms with Crippen LogP contribution < -0.4 is 10.1 Å². The molecule has 0 aliphatic carbocycles. The zero-order chi connectivity index (χ0) is 14.8. The summed E-state index contributed by atoms with van der Waals surface area (Å²) in [5.41, 5.74) is 1.52. The number of nitrogens with one attached hydrogen (secondary N) is 1. The van der Waals surface area contributed by atoms with Gasteiger partial charge in [0.1, 0.15) is 5.75 Å². The Morgan fingerprint density at radius 1 is 1.14 bits per heavy atom. The maximum atomic E-state index is 12.3. The van der Waals surface area contributed by atoms with Crippen molar-refractivity contribution in [3.63, 3.8) is 0 Å². The van der Waals surface area contributed by atoms with Gasteiger partial charge >= 0.3 is 6.03 Å². The van der Waals surface area contributed by atoms with Gasteiger partial charge in [-0.3, -0.25) is 4.57 Å². The zero-order valence-electron chi connectivity index (χ0n) is 11.3. The average molecular weight is 301 g/mol. The first kappa shape index (κ1) is 13.5. The Hall–Kier alpha value is -2.46. The van der Waals surface area contributed by atoms with Crippen LogP contribution in [-0.2, 0) is 0 Å². The van der Waals surface area contributed by atoms with Gasteiger partial charge in [0.15, 0.2) is 0 Å². The van der Waals surface area contributed by atoms with Gasteiger partial charge in [0.25, 0.3) is 0 Å². The highest BCUT2D eigenvalue weighted by atomic mass is 35.5. The Morgan fingerprint density at radius 3 is 2.62 bits per heavy atom. The number of amides is 1. The second kappa shape index (κ2) is 5.50. The Bertz CT molecular complexity index is 794. The van der Waals surface area contributed by atoms with E-state index < -0.39 is 0 Å². The molecule has 3 rings (SSSR count). The number of aromatic nitrogens is 1. The van der Waals surface area contributed by atoms with Gasteiger partial charge in [-0.2, -0.15) is 0 Å². The number of rotatable bonds is 2. The van der Waals surface area contributed by atoms with Crippen LogP contribution in [0.25, 0.3) is 10.9 Å². The first-order valence-electron chi connectivity index (χ1n) is 6.39. The van der Waals surface area contributed by atoms with Crippen LogP contribution in [0.4, 0.5) is 10.5 Å². The molecular formula is C16H13ClN2O2. The minimum atomic E-state index is -0.225. The molecule has 2 aromatic carbocycles. The van der Waals surface area contributed by atoms with Crippen molar-refractivity contribution in [3.05, 3.63) is 59.8 Å². The number of anilines is 1. The number of hydrogen-bond acceptors (Lipinski definition) is 2. The molecule has 0 aliphatic rings. The molecular weight excluding hydrogens is 288 g/mol. The monoisotopic (exact) mass is 300 g/mol. The van der Waals surface area contributed by atoms with E-state index >= 15 is 0 Å². The maximum Gasteiger partial charge on any atom is 0.330 e. The summed E-state index contributed by atoms with van der Waals surface area (Å²) in [5.74, 6) is 0.762. The van der Waals surface area contributed by atoms with Crippen LogP contribution in [0.5, 0.6) is 5.75 Å². The summed E-state index contributed by atoms with van der Waals surface area (Å²) in [6.45, 7) is 0. The third-order valence-electron chi connectivity index (χ3n) is 3.21. The van der Waals surface area contributed by atoms with E-state index in [0.29, 0.717) is 10.7 Å². The number of halogens is 1. The molecule has 0 bridgehead atoms. The van der Waals surface area contributed by atoms with Crippen molar-refractivity contribution in [1.29, 1.82) is 0 Å². The van der Waals surface area contributed by atoms with Crippen LogP contribution in [0.3, 0.4) is 0 Å². The molecule has 106 valence electrons. The molecule has 1 amide bonds. The lowest BCUT2D eigenvalue weighted by atomic mass is 10.2. The fourth-order valence-electron chi connectivity index (χ4n) is 2.14. The van der Waals surface area contributed by atoms with Crippen LogP contribution >= 0.6 is 11.6 Å². The molecule has 0 radical (unpaired) electrons. The molecule has 0 spiro atoms. The summed E-state index contributed by atoms with van der Waals surface area (Å²) in [6, 6.07) is 14.2. The van der Waals surface area contributed by atoms with E-state index in [-0.39, 0.29) is 6.03 Å². The minimum absolute atomic E-state index is 0.225. The Kier molecular flexibility index (Phi) is 3.54. The van der Waals surface area contributed by atoms with Crippen LogP contribution in [-0.4, -0.2) is 17.7 Å². The van der Waals surface area contributed by atoms with E-state index in [9.17, 15) is 4.79 Å². The maximum absolute atomic E-state index is 12.3. The molecule has 1 aromatic heterocycles. The first-order chi connectivity index (χ1) is 10.2. The second-order valence-electron chi connectivity index (χ2n) is 4.55. The van der Waals surface area contributed by atoms with Gasteiger partial charge in [-0.15, -0.1) is 0 Å². The molecule has 1 N–H and O–H groups in total. The summed E-state index contributed by atoms with van der Waals surface area (Å²) < 4.78 is 6.74. The van der Waals surface area contributed by atoms with Crippen LogP contribution in [0, 0.1) is 0 Å². The fraction of sp³-hybridized carbons (Fsp3) is 0.0625. The van der Waals surface area contributed by atoms with Crippen LogP contribution in [0.2, 0.25) is 5.02 Å². The topological polar surface area (TPSA) is 43.3 Å². The molecule has 3 aromatic rings. The van der Waals surface area contributed by atoms with Crippen LogP contribution in [0.15, 0.2) is 54.7 Å². The minimum Gasteiger partial charge on any atom is -0.497 e. The number of methoxy groups -OCH3 is 1. The third kappa shape index (κ3) is 2.71. The third-order valence-corrected chi connectivity index (χ3v) is 3.46. The van der Waals surface area contributed by atoms with Gasteiger partial charge in [-0.25, -0.2) is 4.79 Å². The zero-order valence-corrected chi connectivity index (χ0v) is 12.1. The van der Waals surface area contributed by atoms with Gasteiger partial charge in [0, 0.05) is 22.3 Å². The molecule has 0 fully saturated rings. The van der Waals surface area contributed by atoms with Gasteiger partial charge in [0.2, 0.25) is 0 Å². The van der Waals surface area contributed by atoms with E-state index in [1.54, 1.807) is 42.1 Å². The molecule has 4 nitrogen and oxygen atoms in total. The molecule has 0 saturated heterocycles. The number of nitrogens with zero attached hydrogens (tertiary/aromatic N) is 1. The van der Waals surface area contributed by atoms with Crippen molar-refractivity contribution in [1.82, 2.24) is 4.57 Å². The van der Waals surface area contributed by atoms with E-state index in [4.69, 9.17) is 16.3 Å². The summed E-state index contributed by atoms with van der Waals surface area (Å²) >= 11 is 5.82. The Morgan fingerprint density at radius 2 is 1.90 bits per heavy atom. The summed E-state index contributed by atoms with van der Waals surface area (Å²) in [5, 5.41) is 4.40. The van der Waals surface area contributed by atoms with Crippen molar-refractivity contribution in [3.8, 4) is 5.75 Å². The quantitative estimate of drug-likeness (QED) is 0.763.